The van der Waals surface area contributed by atoms with Crippen LogP contribution in [0.3, 0.4) is 0 Å². The summed E-state index contributed by atoms with van der Waals surface area (Å²) >= 11 is 0. The van der Waals surface area contributed by atoms with Crippen molar-refractivity contribution in [3.8, 4) is 5.75 Å². The van der Waals surface area contributed by atoms with Gasteiger partial charge in [0.25, 0.3) is 0 Å². The molecule has 0 aliphatic rings. The van der Waals surface area contributed by atoms with Crippen LogP contribution in [-0.4, -0.2) is 16.8 Å². The summed E-state index contributed by atoms with van der Waals surface area (Å²) in [7, 11) is 0. The summed E-state index contributed by atoms with van der Waals surface area (Å²) < 4.78 is 25.9. The highest BCUT2D eigenvalue weighted by Crippen LogP contribution is 2.29. The second kappa shape index (κ2) is 5.85. The molecule has 1 aromatic rings. The topological polar surface area (TPSA) is 66.5 Å². The van der Waals surface area contributed by atoms with Crippen molar-refractivity contribution in [1.82, 2.24) is 0 Å². The third kappa shape index (κ3) is 3.02. The van der Waals surface area contributed by atoms with Gasteiger partial charge in [-0.2, -0.15) is 0 Å². The van der Waals surface area contributed by atoms with E-state index < -0.39 is 23.4 Å². The first-order chi connectivity index (χ1) is 6.57. The third-order valence-electron chi connectivity index (χ3n) is 1.93. The number of rotatable bonds is 3. The van der Waals surface area contributed by atoms with Gasteiger partial charge < -0.3 is 15.9 Å². The van der Waals surface area contributed by atoms with E-state index in [1.807, 2.05) is 0 Å². The maximum atomic E-state index is 13.1. The molecule has 0 radical (unpaired) electrons. The minimum absolute atomic E-state index is 0. The molecule has 0 saturated heterocycles. The Hall–Kier alpha value is -0.910. The first-order valence-corrected chi connectivity index (χ1v) is 4.11. The van der Waals surface area contributed by atoms with E-state index in [1.165, 1.54) is 0 Å². The number of phenols is 1. The monoisotopic (exact) mass is 239 g/mol. The van der Waals surface area contributed by atoms with Crippen LogP contribution in [0.4, 0.5) is 8.78 Å². The summed E-state index contributed by atoms with van der Waals surface area (Å²) in [6.07, 6.45) is 0.0634. The Morgan fingerprint density at radius 2 is 1.80 bits per heavy atom. The molecule has 6 heteroatoms. The van der Waals surface area contributed by atoms with Gasteiger partial charge in [-0.1, -0.05) is 0 Å². The van der Waals surface area contributed by atoms with Gasteiger partial charge in [0.05, 0.1) is 0 Å². The number of aliphatic hydroxyl groups excluding tert-OH is 1. The van der Waals surface area contributed by atoms with E-state index in [0.717, 1.165) is 12.1 Å². The highest BCUT2D eigenvalue weighted by molar-refractivity contribution is 5.85. The maximum absolute atomic E-state index is 13.1. The summed E-state index contributed by atoms with van der Waals surface area (Å²) in [6, 6.07) is 0.803. The van der Waals surface area contributed by atoms with Gasteiger partial charge in [-0.15, -0.1) is 12.4 Å². The molecule has 4 N–H and O–H groups in total. The van der Waals surface area contributed by atoms with E-state index in [9.17, 15) is 13.9 Å². The quantitative estimate of drug-likeness (QED) is 0.748. The van der Waals surface area contributed by atoms with Crippen LogP contribution in [0.2, 0.25) is 0 Å². The summed E-state index contributed by atoms with van der Waals surface area (Å²) in [5.74, 6) is -2.48. The van der Waals surface area contributed by atoms with Gasteiger partial charge in [0, 0.05) is 18.2 Å². The second-order valence-electron chi connectivity index (χ2n) is 2.91. The lowest BCUT2D eigenvalue weighted by atomic mass is 10.0. The molecule has 0 aliphatic heterocycles. The number of nitrogens with two attached hydrogens (primary N) is 1. The minimum atomic E-state index is -0.921. The average Bonchev–Trinajstić information content (AvgIpc) is 2.13. The highest BCUT2D eigenvalue weighted by Gasteiger charge is 2.18. The normalized spacial score (nSPS) is 12.0. The molecule has 15 heavy (non-hydrogen) atoms. The number of aliphatic hydroxyl groups is 1. The van der Waals surface area contributed by atoms with Crippen molar-refractivity contribution in [1.29, 1.82) is 0 Å². The summed E-state index contributed by atoms with van der Waals surface area (Å²) in [6.45, 7) is -0.253. The molecule has 0 spiro atoms. The smallest absolute Gasteiger partial charge is 0.165 e. The highest BCUT2D eigenvalue weighted by atomic mass is 35.5. The first-order valence-electron chi connectivity index (χ1n) is 4.11. The fourth-order valence-corrected chi connectivity index (χ4v) is 1.19. The van der Waals surface area contributed by atoms with Gasteiger partial charge >= 0.3 is 0 Å². The Morgan fingerprint density at radius 1 is 1.27 bits per heavy atom. The third-order valence-corrected chi connectivity index (χ3v) is 1.93. The Labute approximate surface area is 91.9 Å². The van der Waals surface area contributed by atoms with Crippen LogP contribution in [0, 0.1) is 11.6 Å². The zero-order valence-corrected chi connectivity index (χ0v) is 8.60. The molecule has 0 aliphatic carbocycles. The number of aromatic hydroxyl groups is 1. The Bertz CT molecular complexity index is 336. The van der Waals surface area contributed by atoms with Gasteiger partial charge in [-0.3, -0.25) is 0 Å². The molecule has 1 atom stereocenters. The maximum Gasteiger partial charge on any atom is 0.165 e. The van der Waals surface area contributed by atoms with E-state index in [1.54, 1.807) is 0 Å². The zero-order valence-electron chi connectivity index (χ0n) is 7.78. The van der Waals surface area contributed by atoms with E-state index >= 15 is 0 Å². The van der Waals surface area contributed by atoms with Crippen molar-refractivity contribution >= 4 is 12.4 Å². The van der Waals surface area contributed by atoms with E-state index in [2.05, 4.69) is 0 Å². The van der Waals surface area contributed by atoms with Crippen LogP contribution in [0.25, 0.3) is 0 Å². The van der Waals surface area contributed by atoms with Crippen LogP contribution in [-0.2, 0) is 0 Å². The van der Waals surface area contributed by atoms with Crippen molar-refractivity contribution in [2.24, 2.45) is 5.73 Å². The van der Waals surface area contributed by atoms with Crippen LogP contribution in [0.1, 0.15) is 18.0 Å². The average molecular weight is 240 g/mol. The molecule has 3 nitrogen and oxygen atoms in total. The number of phenolic OH excluding ortho intramolecular Hbond substituents is 1. The molecule has 0 unspecified atom stereocenters. The van der Waals surface area contributed by atoms with Gasteiger partial charge in [0.15, 0.2) is 11.6 Å². The number of benzene rings is 1. The molecule has 0 amide bonds. The van der Waals surface area contributed by atoms with E-state index in [-0.39, 0.29) is 31.0 Å². The SMILES string of the molecule is Cl.N[C@@H](CCO)c1c(F)ccc(F)c1O. The van der Waals surface area contributed by atoms with Crippen LogP contribution in [0.15, 0.2) is 12.1 Å². The number of hydrogen-bond acceptors (Lipinski definition) is 3. The fraction of sp³-hybridized carbons (Fsp3) is 0.333. The minimum Gasteiger partial charge on any atom is -0.505 e. The predicted molar refractivity (Wildman–Crippen MR) is 53.9 cm³/mol. The Morgan fingerprint density at radius 3 is 2.33 bits per heavy atom. The van der Waals surface area contributed by atoms with Gasteiger partial charge in [0.2, 0.25) is 0 Å². The lowest BCUT2D eigenvalue weighted by Gasteiger charge is -2.13. The van der Waals surface area contributed by atoms with Crippen molar-refractivity contribution in [3.63, 3.8) is 0 Å². The van der Waals surface area contributed by atoms with Gasteiger partial charge in [0.1, 0.15) is 5.82 Å². The zero-order chi connectivity index (χ0) is 10.7. The summed E-state index contributed by atoms with van der Waals surface area (Å²) in [4.78, 5) is 0. The molecular weight excluding hydrogens is 228 g/mol. The Balaban J connectivity index is 0.00000196. The molecule has 1 aromatic carbocycles. The van der Waals surface area contributed by atoms with Crippen LogP contribution < -0.4 is 5.73 Å². The standard InChI is InChI=1S/C9H11F2NO2.ClH/c10-5-1-2-6(11)9(14)8(5)7(12)3-4-13;/h1-2,7,13-14H,3-4,12H2;1H/t7-;/m0./s1. The molecule has 1 rings (SSSR count). The lowest BCUT2D eigenvalue weighted by molar-refractivity contribution is 0.273. The summed E-state index contributed by atoms with van der Waals surface area (Å²) in [5.41, 5.74) is 5.16. The number of hydrogen-bond donors (Lipinski definition) is 3. The Kier molecular flexibility index (Phi) is 5.49. The van der Waals surface area contributed by atoms with E-state index in [4.69, 9.17) is 10.8 Å². The van der Waals surface area contributed by atoms with Gasteiger partial charge in [-0.25, -0.2) is 8.78 Å². The van der Waals surface area contributed by atoms with Crippen molar-refractivity contribution in [2.75, 3.05) is 6.61 Å². The molecule has 0 heterocycles. The van der Waals surface area contributed by atoms with Crippen molar-refractivity contribution in [3.05, 3.63) is 29.3 Å². The van der Waals surface area contributed by atoms with Crippen LogP contribution in [0.5, 0.6) is 5.75 Å². The fourth-order valence-electron chi connectivity index (χ4n) is 1.19. The summed E-state index contributed by atoms with van der Waals surface area (Å²) in [5, 5.41) is 17.8. The molecule has 0 aromatic heterocycles. The van der Waals surface area contributed by atoms with E-state index in [0.29, 0.717) is 0 Å². The first kappa shape index (κ1) is 14.1. The lowest BCUT2D eigenvalue weighted by Crippen LogP contribution is -2.14. The number of halogens is 3. The molecule has 0 saturated carbocycles. The predicted octanol–water partition coefficient (Wildman–Crippen LogP) is 1.47. The largest absolute Gasteiger partial charge is 0.505 e. The molecule has 86 valence electrons. The van der Waals surface area contributed by atoms with Crippen molar-refractivity contribution < 1.29 is 19.0 Å². The van der Waals surface area contributed by atoms with Crippen molar-refractivity contribution in [2.45, 2.75) is 12.5 Å². The molecule has 0 bridgehead atoms. The second-order valence-corrected chi connectivity index (χ2v) is 2.91. The van der Waals surface area contributed by atoms with Gasteiger partial charge in [-0.05, 0) is 18.6 Å². The molecule has 0 fully saturated rings. The van der Waals surface area contributed by atoms with Crippen LogP contribution >= 0.6 is 12.4 Å². The molecular formula is C9H12ClF2NO2.